The number of carboxylic acid groups (broad SMARTS) is 1. The van der Waals surface area contributed by atoms with E-state index in [1.807, 2.05) is 24.4 Å². The summed E-state index contributed by atoms with van der Waals surface area (Å²) in [7, 11) is 0. The van der Waals surface area contributed by atoms with Gasteiger partial charge in [0, 0.05) is 23.6 Å². The van der Waals surface area contributed by atoms with Gasteiger partial charge in [0.25, 0.3) is 0 Å². The van der Waals surface area contributed by atoms with E-state index < -0.39 is 11.6 Å². The number of hydrogen-bond donors (Lipinski definition) is 2. The first-order valence-electron chi connectivity index (χ1n) is 13.4. The van der Waals surface area contributed by atoms with E-state index in [-0.39, 0.29) is 6.42 Å². The number of anilines is 1. The van der Waals surface area contributed by atoms with Gasteiger partial charge < -0.3 is 14.5 Å². The molecule has 1 aliphatic rings. The second-order valence-corrected chi connectivity index (χ2v) is 12.0. The van der Waals surface area contributed by atoms with Crippen LogP contribution in [0.5, 0.6) is 0 Å². The lowest BCUT2D eigenvalue weighted by atomic mass is 9.80. The molecule has 0 unspecified atom stereocenters. The van der Waals surface area contributed by atoms with Crippen molar-refractivity contribution in [2.75, 3.05) is 10.6 Å². The summed E-state index contributed by atoms with van der Waals surface area (Å²) in [6.45, 7) is 12.3. The number of fused-ring (bicyclic) bond motifs is 3. The Bertz CT molecular complexity index is 1520. The van der Waals surface area contributed by atoms with Crippen molar-refractivity contribution in [3.05, 3.63) is 94.7 Å². The van der Waals surface area contributed by atoms with E-state index in [1.165, 1.54) is 22.3 Å². The van der Waals surface area contributed by atoms with Crippen molar-refractivity contribution in [1.29, 1.82) is 0 Å². The van der Waals surface area contributed by atoms with Gasteiger partial charge in [-0.15, -0.1) is 0 Å². The Balaban J connectivity index is 0.000000681. The van der Waals surface area contributed by atoms with Crippen molar-refractivity contribution < 1.29 is 15.0 Å². The molecule has 0 atom stereocenters. The van der Waals surface area contributed by atoms with E-state index in [0.717, 1.165) is 51.3 Å². The summed E-state index contributed by atoms with van der Waals surface area (Å²) >= 11 is 1.68. The normalized spacial score (nSPS) is 12.2. The molecule has 0 spiro atoms. The Morgan fingerprint density at radius 1 is 0.950 bits per heavy atom. The molecule has 0 amide bonds. The second-order valence-electron chi connectivity index (χ2n) is 11.2. The van der Waals surface area contributed by atoms with Crippen LogP contribution in [0.15, 0.2) is 66.9 Å². The van der Waals surface area contributed by atoms with Gasteiger partial charge in [0.2, 0.25) is 0 Å². The lowest BCUT2D eigenvalue weighted by Gasteiger charge is -2.36. The molecule has 3 aromatic carbocycles. The smallest absolute Gasteiger partial charge is 0.307 e. The van der Waals surface area contributed by atoms with Gasteiger partial charge >= 0.3 is 5.97 Å². The van der Waals surface area contributed by atoms with E-state index in [0.29, 0.717) is 0 Å². The first-order valence-corrected chi connectivity index (χ1v) is 14.6. The number of hydrogen-bond acceptors (Lipinski definition) is 5. The van der Waals surface area contributed by atoms with Crippen molar-refractivity contribution in [3.63, 3.8) is 0 Å². The van der Waals surface area contributed by atoms with Gasteiger partial charge in [-0.05, 0) is 98.7 Å². The zero-order valence-corrected chi connectivity index (χ0v) is 25.2. The quantitative estimate of drug-likeness (QED) is 0.243. The minimum Gasteiger partial charge on any atom is -0.481 e. The molecule has 5 rings (SSSR count). The first kappa shape index (κ1) is 29.4. The lowest BCUT2D eigenvalue weighted by molar-refractivity contribution is -0.136. The van der Waals surface area contributed by atoms with E-state index in [1.54, 1.807) is 32.7 Å². The van der Waals surface area contributed by atoms with Crippen molar-refractivity contribution in [1.82, 2.24) is 4.98 Å². The number of carbonyl (C=O) groups is 1. The monoisotopic (exact) mass is 554 g/mol. The summed E-state index contributed by atoms with van der Waals surface area (Å²) in [6, 6.07) is 21.0. The zero-order chi connectivity index (χ0) is 29.2. The fourth-order valence-electron chi connectivity index (χ4n) is 5.22. The summed E-state index contributed by atoms with van der Waals surface area (Å²) in [5.41, 5.74) is 12.7. The Labute approximate surface area is 242 Å². The van der Waals surface area contributed by atoms with Crippen LogP contribution in [0.4, 0.5) is 5.69 Å². The topological polar surface area (TPSA) is 73.7 Å². The van der Waals surface area contributed by atoms with Crippen LogP contribution in [0.1, 0.15) is 48.6 Å². The molecule has 2 heterocycles. The maximum Gasteiger partial charge on any atom is 0.307 e. The summed E-state index contributed by atoms with van der Waals surface area (Å²) in [5, 5.41) is 18.3. The Morgan fingerprint density at radius 3 is 2.17 bits per heavy atom. The van der Waals surface area contributed by atoms with Crippen LogP contribution in [0, 0.1) is 20.8 Å². The van der Waals surface area contributed by atoms with Gasteiger partial charge in [0.05, 0.1) is 29.9 Å². The molecule has 0 saturated carbocycles. The number of pyridine rings is 1. The third kappa shape index (κ3) is 6.40. The van der Waals surface area contributed by atoms with E-state index in [2.05, 4.69) is 78.8 Å². The minimum absolute atomic E-state index is 0.00312. The largest absolute Gasteiger partial charge is 0.481 e. The molecular weight excluding hydrogens is 516 g/mol. The fraction of sp³-hybridized carbons (Fsp3) is 0.294. The van der Waals surface area contributed by atoms with Gasteiger partial charge in [-0.2, -0.15) is 0 Å². The van der Waals surface area contributed by atoms with Crippen molar-refractivity contribution >= 4 is 23.6 Å². The molecule has 5 nitrogen and oxygen atoms in total. The predicted molar refractivity (Wildman–Crippen MR) is 168 cm³/mol. The summed E-state index contributed by atoms with van der Waals surface area (Å²) in [4.78, 5) is 16.5. The van der Waals surface area contributed by atoms with Crippen LogP contribution in [-0.4, -0.2) is 33.0 Å². The Kier molecular flexibility index (Phi) is 8.71. The average molecular weight is 555 g/mol. The molecule has 0 aliphatic carbocycles. The molecule has 1 aliphatic heterocycles. The highest BCUT2D eigenvalue weighted by molar-refractivity contribution is 7.99. The molecule has 40 heavy (non-hydrogen) atoms. The van der Waals surface area contributed by atoms with Crippen LogP contribution in [0.25, 0.3) is 33.5 Å². The van der Waals surface area contributed by atoms with Crippen molar-refractivity contribution in [2.24, 2.45) is 0 Å². The molecule has 0 bridgehead atoms. The third-order valence-electron chi connectivity index (χ3n) is 6.88. The fourth-order valence-corrected chi connectivity index (χ4v) is 5.90. The van der Waals surface area contributed by atoms with Gasteiger partial charge in [0.15, 0.2) is 0 Å². The highest BCUT2D eigenvalue weighted by Gasteiger charge is 2.30. The van der Waals surface area contributed by atoms with Crippen LogP contribution in [0.3, 0.4) is 0 Å². The number of aliphatic hydroxyl groups is 1. The number of aliphatic carboxylic acids is 1. The summed E-state index contributed by atoms with van der Waals surface area (Å²) in [6.07, 6.45) is 3.90. The van der Waals surface area contributed by atoms with Crippen molar-refractivity contribution in [2.45, 2.75) is 60.1 Å². The predicted octanol–water partition coefficient (Wildman–Crippen LogP) is 8.01. The number of carboxylic acids is 1. The lowest BCUT2D eigenvalue weighted by Crippen LogP contribution is -2.22. The van der Waals surface area contributed by atoms with E-state index in [9.17, 15) is 9.90 Å². The van der Waals surface area contributed by atoms with E-state index >= 15 is 0 Å². The van der Waals surface area contributed by atoms with Crippen LogP contribution in [0.2, 0.25) is 0 Å². The maximum atomic E-state index is 11.9. The molecule has 1 aromatic heterocycles. The molecule has 6 heteroatoms. The molecule has 0 radical (unpaired) electrons. The van der Waals surface area contributed by atoms with Gasteiger partial charge in [0.1, 0.15) is 0 Å². The van der Waals surface area contributed by atoms with Crippen LogP contribution < -0.4 is 4.31 Å². The van der Waals surface area contributed by atoms with Gasteiger partial charge in [-0.25, -0.2) is 0 Å². The Morgan fingerprint density at radius 2 is 1.60 bits per heavy atom. The van der Waals surface area contributed by atoms with Crippen molar-refractivity contribution in [3.8, 4) is 33.5 Å². The average Bonchev–Trinajstić information content (AvgIpc) is 2.90. The summed E-state index contributed by atoms with van der Waals surface area (Å²) < 4.78 is 2.30. The zero-order valence-electron chi connectivity index (χ0n) is 24.4. The highest BCUT2D eigenvalue weighted by Crippen LogP contribution is 2.50. The molecule has 4 aromatic rings. The maximum absolute atomic E-state index is 11.9. The number of rotatable bonds is 5. The molecule has 2 N–H and O–H groups in total. The van der Waals surface area contributed by atoms with Gasteiger partial charge in [-0.1, -0.05) is 60.0 Å². The minimum atomic E-state index is -0.812. The first-order chi connectivity index (χ1) is 18.9. The number of aryl methyl sites for hydroxylation is 1. The molecular formula is C34H38N2O3S. The molecule has 0 saturated heterocycles. The SMILES string of the molecule is CC(C)(C)O.CSN1Cc2cc(-c3ccccn3)ccc2-c2c(C)c(-c3ccc(C)cc3)c(CC(=O)O)c(C)c21. The molecule has 0 fully saturated rings. The number of nitrogens with zero attached hydrogens (tertiary/aromatic N) is 2. The number of aromatic nitrogens is 1. The van der Waals surface area contributed by atoms with Crippen LogP contribution >= 0.6 is 11.9 Å². The standard InChI is InChI=1S/C30H28N2O2S.C4H10O/c1-18-8-10-21(11-9-18)28-20(3)29-24-13-12-22(26-7-5-6-14-31-26)15-23(24)17-32(35-4)30(29)19(2)25(28)16-27(33)34;1-4(2,3)5/h5-15H,16-17H2,1-4H3,(H,33,34);5H,1-3H3. The van der Waals surface area contributed by atoms with Gasteiger partial charge in [-0.3, -0.25) is 9.78 Å². The molecule has 208 valence electrons. The third-order valence-corrected chi connectivity index (χ3v) is 7.64. The Hall–Kier alpha value is -3.61. The van der Waals surface area contributed by atoms with E-state index in [4.69, 9.17) is 5.11 Å². The number of benzene rings is 3. The second kappa shape index (κ2) is 11.9. The van der Waals surface area contributed by atoms with Crippen LogP contribution in [-0.2, 0) is 17.8 Å². The summed E-state index contributed by atoms with van der Waals surface area (Å²) in [5.74, 6) is -0.812. The highest BCUT2D eigenvalue weighted by atomic mass is 32.2.